The minimum Gasteiger partial charge on any atom is -0.357 e. The van der Waals surface area contributed by atoms with Gasteiger partial charge < -0.3 is 15.5 Å². The third-order valence-electron chi connectivity index (χ3n) is 5.05. The van der Waals surface area contributed by atoms with Gasteiger partial charge in [-0.2, -0.15) is 0 Å². The number of amides is 1. The van der Waals surface area contributed by atoms with Gasteiger partial charge in [0.1, 0.15) is 5.82 Å². The lowest BCUT2D eigenvalue weighted by Gasteiger charge is -2.36. The van der Waals surface area contributed by atoms with Gasteiger partial charge in [-0.05, 0) is 38.5 Å². The van der Waals surface area contributed by atoms with Crippen LogP contribution in [-0.2, 0) is 10.2 Å². The molecule has 0 aliphatic carbocycles. The molecule has 30 heavy (non-hydrogen) atoms. The highest BCUT2D eigenvalue weighted by atomic mass is 127. The summed E-state index contributed by atoms with van der Waals surface area (Å²) in [4.78, 5) is 21.2. The lowest BCUT2D eigenvalue weighted by Crippen LogP contribution is -2.54. The zero-order chi connectivity index (χ0) is 21.4. The average molecular weight is 533 g/mol. The smallest absolute Gasteiger partial charge is 0.234 e. The highest BCUT2D eigenvalue weighted by molar-refractivity contribution is 14.0. The first-order valence-electron chi connectivity index (χ1n) is 10.5. The minimum absolute atomic E-state index is 0. The Labute approximate surface area is 197 Å². The summed E-state index contributed by atoms with van der Waals surface area (Å²) in [5.74, 6) is 0.734. The van der Waals surface area contributed by atoms with Crippen molar-refractivity contribution in [2.75, 3.05) is 45.8 Å². The fraction of sp³-hybridized carbons (Fsp3) is 0.636. The molecule has 6 nitrogen and oxygen atoms in total. The molecule has 2 N–H and O–H groups in total. The number of guanidine groups is 1. The summed E-state index contributed by atoms with van der Waals surface area (Å²) in [6, 6.07) is 6.91. The van der Waals surface area contributed by atoms with Crippen molar-refractivity contribution < 1.29 is 9.18 Å². The molecule has 2 rings (SSSR count). The van der Waals surface area contributed by atoms with Crippen LogP contribution in [0.2, 0.25) is 0 Å². The molecular weight excluding hydrogens is 496 g/mol. The van der Waals surface area contributed by atoms with Crippen molar-refractivity contribution in [3.63, 3.8) is 0 Å². The third-order valence-corrected chi connectivity index (χ3v) is 5.05. The van der Waals surface area contributed by atoms with Gasteiger partial charge in [-0.3, -0.25) is 14.7 Å². The number of halogens is 2. The molecule has 0 atom stereocenters. The van der Waals surface area contributed by atoms with Gasteiger partial charge in [0.05, 0.1) is 13.1 Å². The molecule has 0 spiro atoms. The van der Waals surface area contributed by atoms with E-state index in [-0.39, 0.29) is 47.2 Å². The summed E-state index contributed by atoms with van der Waals surface area (Å²) in [6.07, 6.45) is 0. The second-order valence-electron chi connectivity index (χ2n) is 8.55. The van der Waals surface area contributed by atoms with E-state index in [1.165, 1.54) is 6.07 Å². The van der Waals surface area contributed by atoms with Crippen molar-refractivity contribution in [3.8, 4) is 0 Å². The highest BCUT2D eigenvalue weighted by Crippen LogP contribution is 2.24. The quantitative estimate of drug-likeness (QED) is 0.322. The molecule has 0 saturated carbocycles. The Morgan fingerprint density at radius 1 is 1.23 bits per heavy atom. The predicted molar refractivity (Wildman–Crippen MR) is 132 cm³/mol. The summed E-state index contributed by atoms with van der Waals surface area (Å²) < 4.78 is 13.6. The van der Waals surface area contributed by atoms with E-state index in [2.05, 4.69) is 41.2 Å². The topological polar surface area (TPSA) is 60.0 Å². The molecular formula is C22H37FIN5O. The van der Waals surface area contributed by atoms with E-state index in [0.717, 1.165) is 44.2 Å². The first-order chi connectivity index (χ1) is 13.7. The minimum atomic E-state index is -0.264. The normalized spacial score (nSPS) is 15.7. The van der Waals surface area contributed by atoms with E-state index < -0.39 is 0 Å². The first-order valence-corrected chi connectivity index (χ1v) is 10.5. The number of aliphatic imine (C=N–C) groups is 1. The van der Waals surface area contributed by atoms with Crippen LogP contribution in [0.15, 0.2) is 29.3 Å². The summed E-state index contributed by atoms with van der Waals surface area (Å²) in [6.45, 7) is 15.2. The molecule has 1 aromatic carbocycles. The zero-order valence-corrected chi connectivity index (χ0v) is 21.2. The van der Waals surface area contributed by atoms with E-state index in [9.17, 15) is 9.18 Å². The SMILES string of the molecule is CCNC(=NCC(C)(C)c1cccc(F)c1)N1CCN(CC(=O)NC(C)C)CC1.I. The van der Waals surface area contributed by atoms with E-state index in [1.807, 2.05) is 19.9 Å². The molecule has 0 bridgehead atoms. The van der Waals surface area contributed by atoms with Gasteiger partial charge in [0.2, 0.25) is 5.91 Å². The van der Waals surface area contributed by atoms with Crippen molar-refractivity contribution >= 4 is 35.8 Å². The van der Waals surface area contributed by atoms with Crippen LogP contribution in [0, 0.1) is 5.82 Å². The molecule has 0 radical (unpaired) electrons. The maximum Gasteiger partial charge on any atom is 0.234 e. The Kier molecular flexibility index (Phi) is 11.0. The highest BCUT2D eigenvalue weighted by Gasteiger charge is 2.24. The van der Waals surface area contributed by atoms with E-state index in [1.54, 1.807) is 12.1 Å². The molecule has 0 aromatic heterocycles. The van der Waals surface area contributed by atoms with Gasteiger partial charge in [-0.25, -0.2) is 4.39 Å². The Hall–Kier alpha value is -1.42. The average Bonchev–Trinajstić information content (AvgIpc) is 2.65. The lowest BCUT2D eigenvalue weighted by molar-refractivity contribution is -0.123. The molecule has 1 saturated heterocycles. The molecule has 1 heterocycles. The van der Waals surface area contributed by atoms with Crippen LogP contribution in [0.3, 0.4) is 0 Å². The summed E-state index contributed by atoms with van der Waals surface area (Å²) in [5, 5.41) is 6.32. The number of carbonyl (C=O) groups is 1. The largest absolute Gasteiger partial charge is 0.357 e. The van der Waals surface area contributed by atoms with Crippen molar-refractivity contribution in [2.45, 2.75) is 46.1 Å². The number of rotatable bonds is 7. The van der Waals surface area contributed by atoms with Gasteiger partial charge >= 0.3 is 0 Å². The second kappa shape index (κ2) is 12.4. The summed E-state index contributed by atoms with van der Waals surface area (Å²) >= 11 is 0. The molecule has 1 aliphatic heterocycles. The number of hydrogen-bond acceptors (Lipinski definition) is 3. The Morgan fingerprint density at radius 3 is 2.47 bits per heavy atom. The number of nitrogens with one attached hydrogen (secondary N) is 2. The van der Waals surface area contributed by atoms with Gasteiger partial charge in [-0.15, -0.1) is 24.0 Å². The van der Waals surface area contributed by atoms with Gasteiger partial charge in [0, 0.05) is 44.2 Å². The number of piperazine rings is 1. The van der Waals surface area contributed by atoms with Crippen molar-refractivity contribution in [1.82, 2.24) is 20.4 Å². The molecule has 0 unspecified atom stereocenters. The lowest BCUT2D eigenvalue weighted by atomic mass is 9.85. The molecule has 8 heteroatoms. The maximum absolute atomic E-state index is 13.6. The Bertz CT molecular complexity index is 703. The fourth-order valence-electron chi connectivity index (χ4n) is 3.39. The van der Waals surface area contributed by atoms with Crippen LogP contribution in [0.5, 0.6) is 0 Å². The standard InChI is InChI=1S/C22H36FN5O.HI/c1-6-24-21(25-16-22(4,5)18-8-7-9-19(23)14-18)28-12-10-27(11-13-28)15-20(29)26-17(2)3;/h7-9,14,17H,6,10-13,15-16H2,1-5H3,(H,24,25)(H,26,29);1H. The molecule has 1 amide bonds. The van der Waals surface area contributed by atoms with Gasteiger partial charge in [-0.1, -0.05) is 26.0 Å². The maximum atomic E-state index is 13.6. The molecule has 1 aromatic rings. The molecule has 1 aliphatic rings. The number of hydrogen-bond donors (Lipinski definition) is 2. The van der Waals surface area contributed by atoms with Crippen LogP contribution in [0.4, 0.5) is 4.39 Å². The number of carbonyl (C=O) groups excluding carboxylic acids is 1. The van der Waals surface area contributed by atoms with Crippen LogP contribution >= 0.6 is 24.0 Å². The van der Waals surface area contributed by atoms with Crippen molar-refractivity contribution in [1.29, 1.82) is 0 Å². The Balaban J connectivity index is 0.00000450. The van der Waals surface area contributed by atoms with Crippen molar-refractivity contribution in [2.24, 2.45) is 4.99 Å². The molecule has 1 fully saturated rings. The monoisotopic (exact) mass is 533 g/mol. The summed E-state index contributed by atoms with van der Waals surface area (Å²) in [7, 11) is 0. The van der Waals surface area contributed by atoms with Crippen LogP contribution in [0.25, 0.3) is 0 Å². The third kappa shape index (κ3) is 8.37. The van der Waals surface area contributed by atoms with Crippen LogP contribution in [-0.4, -0.2) is 73.5 Å². The van der Waals surface area contributed by atoms with Crippen LogP contribution < -0.4 is 10.6 Å². The van der Waals surface area contributed by atoms with Gasteiger partial charge in [0.25, 0.3) is 0 Å². The zero-order valence-electron chi connectivity index (χ0n) is 18.9. The Morgan fingerprint density at radius 2 is 1.90 bits per heavy atom. The van der Waals surface area contributed by atoms with E-state index >= 15 is 0 Å². The van der Waals surface area contributed by atoms with E-state index in [0.29, 0.717) is 13.1 Å². The second-order valence-corrected chi connectivity index (χ2v) is 8.55. The summed E-state index contributed by atoms with van der Waals surface area (Å²) in [5.41, 5.74) is 0.678. The van der Waals surface area contributed by atoms with Crippen LogP contribution in [0.1, 0.15) is 40.2 Å². The fourth-order valence-corrected chi connectivity index (χ4v) is 3.39. The van der Waals surface area contributed by atoms with E-state index in [4.69, 9.17) is 4.99 Å². The van der Waals surface area contributed by atoms with Crippen molar-refractivity contribution in [3.05, 3.63) is 35.6 Å². The van der Waals surface area contributed by atoms with Gasteiger partial charge in [0.15, 0.2) is 5.96 Å². The first kappa shape index (κ1) is 26.6. The predicted octanol–water partition coefficient (Wildman–Crippen LogP) is 2.83. The number of nitrogens with zero attached hydrogens (tertiary/aromatic N) is 3. The number of benzene rings is 1. The molecule has 170 valence electrons.